The van der Waals surface area contributed by atoms with Crippen LogP contribution in [0.1, 0.15) is 50.6 Å². The molecule has 1 heterocycles. The summed E-state index contributed by atoms with van der Waals surface area (Å²) in [6.07, 6.45) is 12.4. The van der Waals surface area contributed by atoms with E-state index in [2.05, 4.69) is 6.08 Å². The van der Waals surface area contributed by atoms with Gasteiger partial charge in [-0.05, 0) is 44.2 Å². The van der Waals surface area contributed by atoms with Crippen molar-refractivity contribution in [3.63, 3.8) is 0 Å². The van der Waals surface area contributed by atoms with Crippen molar-refractivity contribution in [2.75, 3.05) is 5.73 Å². The molecule has 2 N–H and O–H groups in total. The SMILES string of the molecule is CC=CC(C1CCCCC1)n1ccc(C)c(N)c1=O. The van der Waals surface area contributed by atoms with E-state index in [4.69, 9.17) is 5.73 Å². The summed E-state index contributed by atoms with van der Waals surface area (Å²) >= 11 is 0. The summed E-state index contributed by atoms with van der Waals surface area (Å²) in [5, 5.41) is 0. The number of rotatable bonds is 3. The first-order valence-corrected chi connectivity index (χ1v) is 7.25. The Morgan fingerprint density at radius 3 is 2.68 bits per heavy atom. The Kier molecular flexibility index (Phi) is 4.46. The Balaban J connectivity index is 2.39. The highest BCUT2D eigenvalue weighted by atomic mass is 16.1. The van der Waals surface area contributed by atoms with Crippen LogP contribution in [0.4, 0.5) is 5.69 Å². The van der Waals surface area contributed by atoms with Crippen molar-refractivity contribution in [1.29, 1.82) is 0 Å². The minimum atomic E-state index is -0.0475. The van der Waals surface area contributed by atoms with Gasteiger partial charge in [-0.1, -0.05) is 31.4 Å². The maximum atomic E-state index is 12.4. The molecule has 3 heteroatoms. The molecule has 0 spiro atoms. The molecule has 3 nitrogen and oxygen atoms in total. The van der Waals surface area contributed by atoms with Crippen LogP contribution in [-0.2, 0) is 0 Å². The van der Waals surface area contributed by atoms with Crippen LogP contribution in [0.3, 0.4) is 0 Å². The number of hydrogen-bond donors (Lipinski definition) is 1. The van der Waals surface area contributed by atoms with Crippen molar-refractivity contribution in [2.24, 2.45) is 5.92 Å². The smallest absolute Gasteiger partial charge is 0.274 e. The maximum Gasteiger partial charge on any atom is 0.274 e. The molecule has 1 aromatic rings. The first kappa shape index (κ1) is 13.9. The molecule has 0 radical (unpaired) electrons. The molecule has 1 aliphatic rings. The van der Waals surface area contributed by atoms with Gasteiger partial charge in [-0.3, -0.25) is 4.79 Å². The molecule has 1 unspecified atom stereocenters. The van der Waals surface area contributed by atoms with Crippen LogP contribution in [0.2, 0.25) is 0 Å². The zero-order chi connectivity index (χ0) is 13.8. The van der Waals surface area contributed by atoms with E-state index in [-0.39, 0.29) is 11.6 Å². The van der Waals surface area contributed by atoms with Gasteiger partial charge >= 0.3 is 0 Å². The Bertz CT molecular complexity index is 510. The number of aromatic nitrogens is 1. The van der Waals surface area contributed by atoms with Crippen LogP contribution in [0.25, 0.3) is 0 Å². The largest absolute Gasteiger partial charge is 0.394 e. The summed E-state index contributed by atoms with van der Waals surface area (Å²) in [7, 11) is 0. The number of aryl methyl sites for hydroxylation is 1. The van der Waals surface area contributed by atoms with E-state index >= 15 is 0 Å². The van der Waals surface area contributed by atoms with E-state index in [0.717, 1.165) is 5.56 Å². The summed E-state index contributed by atoms with van der Waals surface area (Å²) in [4.78, 5) is 12.4. The van der Waals surface area contributed by atoms with Crippen molar-refractivity contribution in [3.8, 4) is 0 Å². The molecule has 0 saturated heterocycles. The Labute approximate surface area is 115 Å². The lowest BCUT2D eigenvalue weighted by atomic mass is 9.83. The van der Waals surface area contributed by atoms with Crippen molar-refractivity contribution in [3.05, 3.63) is 40.3 Å². The van der Waals surface area contributed by atoms with Crippen molar-refractivity contribution in [2.45, 2.75) is 52.0 Å². The first-order chi connectivity index (χ1) is 9.15. The molecular weight excluding hydrogens is 236 g/mol. The highest BCUT2D eigenvalue weighted by Crippen LogP contribution is 2.33. The molecule has 1 fully saturated rings. The minimum Gasteiger partial charge on any atom is -0.394 e. The second kappa shape index (κ2) is 6.09. The van der Waals surface area contributed by atoms with Gasteiger partial charge < -0.3 is 10.3 Å². The molecule has 1 saturated carbocycles. The third-order valence-electron chi connectivity index (χ3n) is 4.22. The van der Waals surface area contributed by atoms with Crippen LogP contribution < -0.4 is 11.3 Å². The molecule has 19 heavy (non-hydrogen) atoms. The van der Waals surface area contributed by atoms with Crippen molar-refractivity contribution >= 4 is 5.69 Å². The maximum absolute atomic E-state index is 12.4. The molecule has 2 rings (SSSR count). The van der Waals surface area contributed by atoms with Crippen LogP contribution in [0.15, 0.2) is 29.2 Å². The molecule has 104 valence electrons. The fourth-order valence-corrected chi connectivity index (χ4v) is 3.04. The van der Waals surface area contributed by atoms with E-state index < -0.39 is 0 Å². The van der Waals surface area contributed by atoms with Crippen molar-refractivity contribution in [1.82, 2.24) is 4.57 Å². The number of nitrogens with two attached hydrogens (primary N) is 1. The van der Waals surface area contributed by atoms with Crippen LogP contribution in [-0.4, -0.2) is 4.57 Å². The second-order valence-corrected chi connectivity index (χ2v) is 5.54. The number of anilines is 1. The third-order valence-corrected chi connectivity index (χ3v) is 4.22. The molecular formula is C16H24N2O. The molecule has 1 atom stereocenters. The van der Waals surface area contributed by atoms with Crippen molar-refractivity contribution < 1.29 is 0 Å². The summed E-state index contributed by atoms with van der Waals surface area (Å²) in [5.41, 5.74) is 7.09. The van der Waals surface area contributed by atoms with Crippen LogP contribution >= 0.6 is 0 Å². The number of nitrogens with zero attached hydrogens (tertiary/aromatic N) is 1. The number of pyridine rings is 1. The van der Waals surface area contributed by atoms with Gasteiger partial charge in [-0.25, -0.2) is 0 Å². The van der Waals surface area contributed by atoms with Gasteiger partial charge in [-0.2, -0.15) is 0 Å². The second-order valence-electron chi connectivity index (χ2n) is 5.54. The normalized spacial score (nSPS) is 18.8. The van der Waals surface area contributed by atoms with Crippen LogP contribution in [0, 0.1) is 12.8 Å². The fourth-order valence-electron chi connectivity index (χ4n) is 3.04. The van der Waals surface area contributed by atoms with Gasteiger partial charge in [0.1, 0.15) is 5.69 Å². The first-order valence-electron chi connectivity index (χ1n) is 7.25. The molecule has 1 aromatic heterocycles. The zero-order valence-electron chi connectivity index (χ0n) is 11.9. The van der Waals surface area contributed by atoms with Gasteiger partial charge in [0.25, 0.3) is 5.56 Å². The van der Waals surface area contributed by atoms with E-state index in [1.54, 1.807) is 0 Å². The van der Waals surface area contributed by atoms with E-state index in [0.29, 0.717) is 11.6 Å². The zero-order valence-corrected chi connectivity index (χ0v) is 11.9. The Hall–Kier alpha value is -1.51. The Morgan fingerprint density at radius 1 is 1.37 bits per heavy atom. The number of hydrogen-bond acceptors (Lipinski definition) is 2. The van der Waals surface area contributed by atoms with Gasteiger partial charge in [-0.15, -0.1) is 0 Å². The predicted molar refractivity (Wildman–Crippen MR) is 80.3 cm³/mol. The predicted octanol–water partition coefficient (Wildman–Crippen LogP) is 3.44. The van der Waals surface area contributed by atoms with E-state index in [1.807, 2.05) is 36.8 Å². The molecule has 0 aliphatic heterocycles. The standard InChI is InChI=1S/C16H24N2O/c1-3-7-14(13-8-5-4-6-9-13)18-11-10-12(2)15(17)16(18)19/h3,7,10-11,13-14H,4-6,8-9,17H2,1-2H3. The molecule has 0 aromatic carbocycles. The van der Waals surface area contributed by atoms with E-state index in [9.17, 15) is 4.79 Å². The summed E-state index contributed by atoms with van der Waals surface area (Å²) in [6, 6.07) is 2.09. The average Bonchev–Trinajstić information content (AvgIpc) is 2.44. The average molecular weight is 260 g/mol. The number of allylic oxidation sites excluding steroid dienone is 2. The molecule has 0 bridgehead atoms. The quantitative estimate of drug-likeness (QED) is 0.846. The van der Waals surface area contributed by atoms with Gasteiger partial charge in [0.05, 0.1) is 6.04 Å². The number of nitrogen functional groups attached to an aromatic ring is 1. The molecule has 0 amide bonds. The minimum absolute atomic E-state index is 0.0475. The lowest BCUT2D eigenvalue weighted by molar-refractivity contribution is 0.281. The van der Waals surface area contributed by atoms with E-state index in [1.165, 1.54) is 32.1 Å². The Morgan fingerprint density at radius 2 is 2.05 bits per heavy atom. The lowest BCUT2D eigenvalue weighted by Crippen LogP contribution is -2.31. The van der Waals surface area contributed by atoms with Gasteiger partial charge in [0, 0.05) is 6.20 Å². The summed E-state index contributed by atoms with van der Waals surface area (Å²) < 4.78 is 1.82. The lowest BCUT2D eigenvalue weighted by Gasteiger charge is -2.30. The monoisotopic (exact) mass is 260 g/mol. The van der Waals surface area contributed by atoms with Crippen LogP contribution in [0.5, 0.6) is 0 Å². The molecule has 1 aliphatic carbocycles. The summed E-state index contributed by atoms with van der Waals surface area (Å²) in [5.74, 6) is 0.560. The summed E-state index contributed by atoms with van der Waals surface area (Å²) in [6.45, 7) is 3.89. The fraction of sp³-hybridized carbons (Fsp3) is 0.562. The van der Waals surface area contributed by atoms with Gasteiger partial charge in [0.2, 0.25) is 0 Å². The topological polar surface area (TPSA) is 48.0 Å². The third kappa shape index (κ3) is 2.91. The highest BCUT2D eigenvalue weighted by Gasteiger charge is 2.24. The highest BCUT2D eigenvalue weighted by molar-refractivity contribution is 5.43. The van der Waals surface area contributed by atoms with Gasteiger partial charge in [0.15, 0.2) is 0 Å².